The average molecular weight is 322 g/mol. The van der Waals surface area contributed by atoms with Gasteiger partial charge in [0.2, 0.25) is 0 Å². The first-order valence-corrected chi connectivity index (χ1v) is 7.09. The first kappa shape index (κ1) is 12.1. The monoisotopic (exact) mass is 322 g/mol. The van der Waals surface area contributed by atoms with Crippen LogP contribution in [0, 0.1) is 3.57 Å². The molecule has 0 spiro atoms. The molecule has 0 fully saturated rings. The number of hydrogen-bond acceptors (Lipinski definition) is 3. The van der Waals surface area contributed by atoms with E-state index in [9.17, 15) is 10.9 Å². The Labute approximate surface area is 94.5 Å². The first-order chi connectivity index (χ1) is 6.87. The van der Waals surface area contributed by atoms with Gasteiger partial charge < -0.3 is 5.11 Å². The lowest BCUT2D eigenvalue weighted by atomic mass is 9.85. The summed E-state index contributed by atoms with van der Waals surface area (Å²) in [5.41, 5.74) is -0.825. The van der Waals surface area contributed by atoms with Crippen LogP contribution in [0.15, 0.2) is 24.3 Å². The highest BCUT2D eigenvalue weighted by atomic mass is 127. The Morgan fingerprint density at radius 3 is 2.27 bits per heavy atom. The van der Waals surface area contributed by atoms with Crippen LogP contribution in [0.3, 0.4) is 0 Å². The Bertz CT molecular complexity index is 452. The zero-order valence-electron chi connectivity index (χ0n) is 8.36. The number of carboxylic acid groups (broad SMARTS) is 1. The van der Waals surface area contributed by atoms with E-state index in [1.54, 1.807) is 18.2 Å². The number of benzene rings is 1. The summed E-state index contributed by atoms with van der Waals surface area (Å²) in [7, 11) is 0. The second kappa shape index (κ2) is 4.26. The molecule has 0 atom stereocenters. The van der Waals surface area contributed by atoms with Crippen molar-refractivity contribution in [2.75, 3.05) is 0 Å². The van der Waals surface area contributed by atoms with Crippen molar-refractivity contribution in [3.05, 3.63) is 33.4 Å². The molecule has 1 rings (SSSR count). The Kier molecular flexibility index (Phi) is 3.43. The van der Waals surface area contributed by atoms with Crippen molar-refractivity contribution in [3.8, 4) is 0 Å². The van der Waals surface area contributed by atoms with Gasteiger partial charge in [-0.05, 0) is 25.5 Å². The van der Waals surface area contributed by atoms with Gasteiger partial charge in [0, 0.05) is 0 Å². The molecule has 15 heavy (non-hydrogen) atoms. The van der Waals surface area contributed by atoms with E-state index in [-0.39, 0.29) is 3.57 Å². The van der Waals surface area contributed by atoms with Crippen molar-refractivity contribution >= 4 is 25.8 Å². The van der Waals surface area contributed by atoms with E-state index >= 15 is 0 Å². The number of rotatable bonds is 3. The van der Waals surface area contributed by atoms with E-state index in [0.717, 1.165) is 0 Å². The van der Waals surface area contributed by atoms with Crippen LogP contribution < -0.4 is 0 Å². The van der Waals surface area contributed by atoms with Crippen molar-refractivity contribution < 1.29 is 16.0 Å². The van der Waals surface area contributed by atoms with E-state index in [1.165, 1.54) is 19.9 Å². The summed E-state index contributed by atoms with van der Waals surface area (Å²) < 4.78 is 22.2. The highest BCUT2D eigenvalue weighted by Crippen LogP contribution is 2.31. The Morgan fingerprint density at radius 2 is 1.80 bits per heavy atom. The maximum atomic E-state index is 11.0. The van der Waals surface area contributed by atoms with E-state index in [2.05, 4.69) is 0 Å². The molecule has 0 saturated heterocycles. The third kappa shape index (κ3) is 2.34. The molecule has 0 aromatic heterocycles. The summed E-state index contributed by atoms with van der Waals surface area (Å²) in [6.45, 7) is 2.99. The fraction of sp³-hybridized carbons (Fsp3) is 0.300. The van der Waals surface area contributed by atoms with Crippen molar-refractivity contribution in [1.29, 1.82) is 0 Å². The van der Waals surface area contributed by atoms with Crippen LogP contribution in [0.5, 0.6) is 0 Å². The fourth-order valence-electron chi connectivity index (χ4n) is 1.22. The topological polar surface area (TPSA) is 71.4 Å². The Morgan fingerprint density at radius 1 is 1.27 bits per heavy atom. The first-order valence-electron chi connectivity index (χ1n) is 4.25. The lowest BCUT2D eigenvalue weighted by Crippen LogP contribution is -2.29. The highest BCUT2D eigenvalue weighted by Gasteiger charge is 2.32. The fourth-order valence-corrected chi connectivity index (χ4v) is 3.05. The molecule has 0 unspecified atom stereocenters. The van der Waals surface area contributed by atoms with E-state index in [1.807, 2.05) is 0 Å². The number of carboxylic acids is 1. The average Bonchev–Trinajstić information content (AvgIpc) is 2.17. The lowest BCUT2D eigenvalue weighted by molar-refractivity contribution is -0.142. The summed E-state index contributed by atoms with van der Waals surface area (Å²) in [4.78, 5) is 11.0. The summed E-state index contributed by atoms with van der Waals surface area (Å²) in [6, 6.07) is 6.23. The molecule has 0 aliphatic rings. The van der Waals surface area contributed by atoms with E-state index < -0.39 is 31.2 Å². The molecule has 5 heteroatoms. The molecule has 1 aromatic rings. The van der Waals surface area contributed by atoms with Gasteiger partial charge in [-0.2, -0.15) is 0 Å². The summed E-state index contributed by atoms with van der Waals surface area (Å²) >= 11 is -3.64. The van der Waals surface area contributed by atoms with Crippen LogP contribution in [0.4, 0.5) is 0 Å². The molecule has 1 aromatic carbocycles. The minimum absolute atomic E-state index is 0.161. The zero-order chi connectivity index (χ0) is 11.6. The molecular weight excluding hydrogens is 311 g/mol. The second-order valence-electron chi connectivity index (χ2n) is 3.63. The Balaban J connectivity index is 3.44. The molecule has 0 aliphatic carbocycles. The maximum absolute atomic E-state index is 11.0. The van der Waals surface area contributed by atoms with Gasteiger partial charge in [-0.1, -0.05) is 18.2 Å². The zero-order valence-corrected chi connectivity index (χ0v) is 10.5. The van der Waals surface area contributed by atoms with Gasteiger partial charge in [0.25, 0.3) is 0 Å². The van der Waals surface area contributed by atoms with Gasteiger partial charge in [-0.3, -0.25) is 4.79 Å². The number of aliphatic carboxylic acids is 1. The van der Waals surface area contributed by atoms with Crippen molar-refractivity contribution in [1.82, 2.24) is 0 Å². The molecule has 0 saturated carbocycles. The normalized spacial score (nSPS) is 11.7. The smallest absolute Gasteiger partial charge is 0.341 e. The predicted octanol–water partition coefficient (Wildman–Crippen LogP) is 2.42. The van der Waals surface area contributed by atoms with E-state index in [0.29, 0.717) is 5.56 Å². The number of carbonyl (C=O) groups is 1. The number of hydrogen-bond donors (Lipinski definition) is 1. The largest absolute Gasteiger partial charge is 0.481 e. The van der Waals surface area contributed by atoms with Crippen LogP contribution in [-0.2, 0) is 16.3 Å². The van der Waals surface area contributed by atoms with Gasteiger partial charge in [-0.25, -0.2) is 6.14 Å². The highest BCUT2D eigenvalue weighted by molar-refractivity contribution is 14.2. The molecule has 1 N–H and O–H groups in total. The third-order valence-electron chi connectivity index (χ3n) is 2.25. The summed E-state index contributed by atoms with van der Waals surface area (Å²) in [5, 5.41) is 9.01. The van der Waals surface area contributed by atoms with Gasteiger partial charge in [0.15, 0.2) is 0 Å². The summed E-state index contributed by atoms with van der Waals surface area (Å²) in [5.74, 6) is -1.03. The van der Waals surface area contributed by atoms with Crippen LogP contribution in [0.2, 0.25) is 0 Å². The third-order valence-corrected chi connectivity index (χ3v) is 4.14. The van der Waals surface area contributed by atoms with Crippen molar-refractivity contribution in [2.45, 2.75) is 19.3 Å². The quantitative estimate of drug-likeness (QED) is 0.868. The van der Waals surface area contributed by atoms with Crippen LogP contribution >= 0.6 is 19.8 Å². The van der Waals surface area contributed by atoms with Gasteiger partial charge in [-0.15, -0.1) is 0 Å². The molecule has 82 valence electrons. The second-order valence-corrected chi connectivity index (χ2v) is 6.03. The van der Waals surface area contributed by atoms with Gasteiger partial charge in [0.05, 0.1) is 8.99 Å². The Hall–Kier alpha value is -0.980. The lowest BCUT2D eigenvalue weighted by Gasteiger charge is -2.20. The number of halogens is 1. The van der Waals surface area contributed by atoms with Gasteiger partial charge >= 0.3 is 25.8 Å². The molecular formula is C10H11IO4. The van der Waals surface area contributed by atoms with Crippen molar-refractivity contribution in [3.63, 3.8) is 0 Å². The molecule has 0 bridgehead atoms. The molecule has 0 aliphatic heterocycles. The minimum Gasteiger partial charge on any atom is -0.481 e. The predicted molar refractivity (Wildman–Crippen MR) is 61.2 cm³/mol. The molecule has 0 radical (unpaired) electrons. The van der Waals surface area contributed by atoms with Crippen LogP contribution in [0.25, 0.3) is 0 Å². The molecule has 0 heterocycles. The standard InChI is InChI=1S/C10H11IO4/c1-10(2,9(12)13)7-5-3-4-6-8(7)11(14)15/h3-6H,1-2H3,(H,12,13). The molecule has 0 amide bonds. The van der Waals surface area contributed by atoms with Crippen LogP contribution in [0.1, 0.15) is 19.4 Å². The SMILES string of the molecule is CC(C)(C(=O)O)c1ccccc1I(=O)=O. The van der Waals surface area contributed by atoms with E-state index in [4.69, 9.17) is 5.11 Å². The maximum Gasteiger partial charge on any atom is 0.341 e. The molecule has 4 nitrogen and oxygen atoms in total. The van der Waals surface area contributed by atoms with Crippen molar-refractivity contribution in [2.24, 2.45) is 0 Å². The minimum atomic E-state index is -3.64. The van der Waals surface area contributed by atoms with Crippen LogP contribution in [-0.4, -0.2) is 11.1 Å². The van der Waals surface area contributed by atoms with Gasteiger partial charge in [0.1, 0.15) is 0 Å². The summed E-state index contributed by atoms with van der Waals surface area (Å²) in [6.07, 6.45) is 0.